The molecule has 1 aromatic carbocycles. The lowest BCUT2D eigenvalue weighted by molar-refractivity contribution is 0.600. The molecule has 2 aromatic rings. The molecule has 0 aliphatic rings. The van der Waals surface area contributed by atoms with Gasteiger partial charge in [-0.15, -0.1) is 11.3 Å². The molecule has 0 fully saturated rings. The van der Waals surface area contributed by atoms with Gasteiger partial charge in [-0.05, 0) is 42.3 Å². The molecule has 1 aromatic heterocycles. The van der Waals surface area contributed by atoms with Crippen LogP contribution in [-0.2, 0) is 10.0 Å². The van der Waals surface area contributed by atoms with Crippen molar-refractivity contribution in [3.8, 4) is 10.4 Å². The third-order valence-electron chi connectivity index (χ3n) is 2.32. The first kappa shape index (κ1) is 12.6. The van der Waals surface area contributed by atoms with E-state index in [9.17, 15) is 8.42 Å². The number of sulfonamides is 1. The average molecular weight is 288 g/mol. The van der Waals surface area contributed by atoms with Crippen LogP contribution in [0.25, 0.3) is 10.4 Å². The van der Waals surface area contributed by atoms with E-state index >= 15 is 0 Å². The van der Waals surface area contributed by atoms with Crippen LogP contribution in [-0.4, -0.2) is 8.42 Å². The average Bonchev–Trinajstić information content (AvgIpc) is 2.65. The summed E-state index contributed by atoms with van der Waals surface area (Å²) in [4.78, 5) is 0.864. The van der Waals surface area contributed by atoms with Gasteiger partial charge in [0.2, 0.25) is 10.0 Å². The fourth-order valence-electron chi connectivity index (χ4n) is 1.52. The Kier molecular flexibility index (Phi) is 3.27. The molecule has 1 heterocycles. The first-order valence-corrected chi connectivity index (χ1v) is 7.51. The molecule has 17 heavy (non-hydrogen) atoms. The second kappa shape index (κ2) is 4.42. The zero-order valence-electron chi connectivity index (χ0n) is 8.98. The fraction of sp³-hybridized carbons (Fsp3) is 0.0909. The number of aryl methyl sites for hydroxylation is 1. The molecule has 2 rings (SSSR count). The van der Waals surface area contributed by atoms with E-state index in [4.69, 9.17) is 16.7 Å². The second-order valence-corrected chi connectivity index (χ2v) is 6.93. The summed E-state index contributed by atoms with van der Waals surface area (Å²) in [6, 6.07) is 8.76. The van der Waals surface area contributed by atoms with E-state index in [2.05, 4.69) is 0 Å². The molecule has 0 bridgehead atoms. The molecule has 0 atom stereocenters. The van der Waals surface area contributed by atoms with Crippen molar-refractivity contribution in [2.24, 2.45) is 5.14 Å². The monoisotopic (exact) mass is 287 g/mol. The van der Waals surface area contributed by atoms with Crippen molar-refractivity contribution in [2.45, 2.75) is 11.1 Å². The Hall–Kier alpha value is -0.880. The quantitative estimate of drug-likeness (QED) is 0.923. The van der Waals surface area contributed by atoms with Crippen molar-refractivity contribution in [1.82, 2.24) is 0 Å². The van der Waals surface area contributed by atoms with Gasteiger partial charge in [0.15, 0.2) is 0 Å². The van der Waals surface area contributed by atoms with Crippen LogP contribution in [0.4, 0.5) is 0 Å². The van der Waals surface area contributed by atoms with Crippen LogP contribution in [0.5, 0.6) is 0 Å². The maximum absolute atomic E-state index is 11.2. The highest BCUT2D eigenvalue weighted by Crippen LogP contribution is 2.33. The van der Waals surface area contributed by atoms with Gasteiger partial charge in [0.05, 0.1) is 0 Å². The largest absolute Gasteiger partial charge is 0.247 e. The lowest BCUT2D eigenvalue weighted by Crippen LogP contribution is -2.09. The smallest absolute Gasteiger partial charge is 0.224 e. The first-order chi connectivity index (χ1) is 7.88. The van der Waals surface area contributed by atoms with Crippen molar-refractivity contribution >= 4 is 33.0 Å². The third-order valence-corrected chi connectivity index (χ3v) is 5.11. The standard InChI is InChI=1S/C11H10ClNO2S2/c1-7-6-8(12)2-3-9(7)10-4-5-11(16-10)17(13,14)15/h2-6H,1H3,(H2,13,14,15). The highest BCUT2D eigenvalue weighted by Gasteiger charge is 2.13. The lowest BCUT2D eigenvalue weighted by atomic mass is 10.1. The van der Waals surface area contributed by atoms with E-state index in [0.717, 1.165) is 27.3 Å². The van der Waals surface area contributed by atoms with Crippen LogP contribution in [0.1, 0.15) is 5.56 Å². The van der Waals surface area contributed by atoms with Crippen LogP contribution in [0, 0.1) is 6.92 Å². The predicted octanol–water partition coefficient (Wildman–Crippen LogP) is 3.02. The molecular weight excluding hydrogens is 278 g/mol. The molecule has 0 unspecified atom stereocenters. The Labute approximate surface area is 109 Å². The van der Waals surface area contributed by atoms with E-state index in [-0.39, 0.29) is 4.21 Å². The minimum atomic E-state index is -3.62. The van der Waals surface area contributed by atoms with Crippen LogP contribution in [0.2, 0.25) is 5.02 Å². The molecule has 0 aliphatic heterocycles. The number of hydrogen-bond acceptors (Lipinski definition) is 3. The molecule has 0 saturated heterocycles. The van der Waals surface area contributed by atoms with Crippen LogP contribution in [0.15, 0.2) is 34.5 Å². The van der Waals surface area contributed by atoms with E-state index in [0.29, 0.717) is 5.02 Å². The van der Waals surface area contributed by atoms with Crippen molar-refractivity contribution < 1.29 is 8.42 Å². The van der Waals surface area contributed by atoms with Gasteiger partial charge >= 0.3 is 0 Å². The topological polar surface area (TPSA) is 60.2 Å². The number of halogens is 1. The molecule has 0 spiro atoms. The summed E-state index contributed by atoms with van der Waals surface area (Å²) < 4.78 is 22.5. The minimum absolute atomic E-state index is 0.168. The van der Waals surface area contributed by atoms with E-state index in [1.165, 1.54) is 6.07 Å². The molecule has 3 nitrogen and oxygen atoms in total. The SMILES string of the molecule is Cc1cc(Cl)ccc1-c1ccc(S(N)(=O)=O)s1. The number of hydrogen-bond donors (Lipinski definition) is 1. The van der Waals surface area contributed by atoms with E-state index in [1.807, 2.05) is 19.1 Å². The Bertz CT molecular complexity index is 662. The first-order valence-electron chi connectivity index (χ1n) is 4.77. The summed E-state index contributed by atoms with van der Waals surface area (Å²) in [5.41, 5.74) is 1.97. The number of benzene rings is 1. The summed E-state index contributed by atoms with van der Waals surface area (Å²) in [5.74, 6) is 0. The summed E-state index contributed by atoms with van der Waals surface area (Å²) in [7, 11) is -3.62. The number of nitrogens with two attached hydrogens (primary N) is 1. The highest BCUT2D eigenvalue weighted by molar-refractivity contribution is 7.91. The van der Waals surface area contributed by atoms with Crippen LogP contribution >= 0.6 is 22.9 Å². The maximum Gasteiger partial charge on any atom is 0.247 e. The normalized spacial score (nSPS) is 11.7. The molecule has 0 radical (unpaired) electrons. The van der Waals surface area contributed by atoms with Crippen molar-refractivity contribution in [1.29, 1.82) is 0 Å². The second-order valence-electron chi connectivity index (χ2n) is 3.62. The number of thiophene rings is 1. The Balaban J connectivity index is 2.51. The lowest BCUT2D eigenvalue weighted by Gasteiger charge is -2.03. The molecular formula is C11H10ClNO2S2. The summed E-state index contributed by atoms with van der Waals surface area (Å²) >= 11 is 7.03. The van der Waals surface area contributed by atoms with Gasteiger partial charge in [0.1, 0.15) is 4.21 Å². The fourth-order valence-corrected chi connectivity index (χ4v) is 3.57. The number of rotatable bonds is 2. The Morgan fingerprint density at radius 2 is 1.94 bits per heavy atom. The van der Waals surface area contributed by atoms with Crippen LogP contribution < -0.4 is 5.14 Å². The van der Waals surface area contributed by atoms with Gasteiger partial charge in [0.25, 0.3) is 0 Å². The van der Waals surface area contributed by atoms with Gasteiger partial charge in [-0.2, -0.15) is 0 Å². The number of primary sulfonamides is 1. The zero-order valence-corrected chi connectivity index (χ0v) is 11.4. The van der Waals surface area contributed by atoms with Gasteiger partial charge < -0.3 is 0 Å². The van der Waals surface area contributed by atoms with Crippen LogP contribution in [0.3, 0.4) is 0 Å². The Morgan fingerprint density at radius 1 is 1.24 bits per heavy atom. The van der Waals surface area contributed by atoms with Gasteiger partial charge in [0, 0.05) is 9.90 Å². The zero-order chi connectivity index (χ0) is 12.6. The Morgan fingerprint density at radius 3 is 2.47 bits per heavy atom. The van der Waals surface area contributed by atoms with Crippen molar-refractivity contribution in [2.75, 3.05) is 0 Å². The van der Waals surface area contributed by atoms with Gasteiger partial charge in [-0.1, -0.05) is 17.7 Å². The third kappa shape index (κ3) is 2.69. The van der Waals surface area contributed by atoms with Gasteiger partial charge in [-0.25, -0.2) is 13.6 Å². The maximum atomic E-state index is 11.2. The minimum Gasteiger partial charge on any atom is -0.224 e. The van der Waals surface area contributed by atoms with Gasteiger partial charge in [-0.3, -0.25) is 0 Å². The highest BCUT2D eigenvalue weighted by atomic mass is 35.5. The molecule has 0 aliphatic carbocycles. The molecule has 0 saturated carbocycles. The summed E-state index contributed by atoms with van der Waals surface area (Å²) in [5, 5.41) is 5.73. The molecule has 2 N–H and O–H groups in total. The van der Waals surface area contributed by atoms with E-state index < -0.39 is 10.0 Å². The van der Waals surface area contributed by atoms with E-state index in [1.54, 1.807) is 12.1 Å². The molecule has 6 heteroatoms. The summed E-state index contributed by atoms with van der Waals surface area (Å²) in [6.07, 6.45) is 0. The predicted molar refractivity (Wildman–Crippen MR) is 70.9 cm³/mol. The molecule has 90 valence electrons. The van der Waals surface area contributed by atoms with Crippen molar-refractivity contribution in [3.63, 3.8) is 0 Å². The molecule has 0 amide bonds. The summed E-state index contributed by atoms with van der Waals surface area (Å²) in [6.45, 7) is 1.93. The van der Waals surface area contributed by atoms with Crippen molar-refractivity contribution in [3.05, 3.63) is 40.9 Å².